The number of benzene rings is 1. The van der Waals surface area contributed by atoms with Gasteiger partial charge in [-0.1, -0.05) is 12.5 Å². The van der Waals surface area contributed by atoms with Crippen molar-refractivity contribution in [1.82, 2.24) is 10.6 Å². The molecule has 1 aliphatic rings. The smallest absolute Gasteiger partial charge is 0.123 e. The average molecular weight is 262 g/mol. The molecule has 1 aromatic carbocycles. The minimum absolute atomic E-state index is 0.314. The molecule has 19 heavy (non-hydrogen) atoms. The fourth-order valence-corrected chi connectivity index (χ4v) is 2.97. The summed E-state index contributed by atoms with van der Waals surface area (Å²) in [5, 5.41) is 7.10. The van der Waals surface area contributed by atoms with Gasteiger partial charge >= 0.3 is 0 Å². The molecule has 2 unspecified atom stereocenters. The van der Waals surface area contributed by atoms with Gasteiger partial charge < -0.3 is 15.4 Å². The first kappa shape index (κ1) is 14.4. The molecule has 0 saturated carbocycles. The van der Waals surface area contributed by atoms with Gasteiger partial charge in [-0.25, -0.2) is 0 Å². The topological polar surface area (TPSA) is 33.3 Å². The number of likely N-dealkylation sites (N-methyl/N-ethyl adjacent to an activating group) is 1. The standard InChI is InChI=1S/C16H26N2O/c1-11-9-13(15(19-4)10-12(11)2)16(17-3)14-7-5-6-8-18-14/h9-10,14,16-18H,5-8H2,1-4H3. The highest BCUT2D eigenvalue weighted by Crippen LogP contribution is 2.32. The fourth-order valence-electron chi connectivity index (χ4n) is 2.97. The van der Waals surface area contributed by atoms with E-state index in [1.165, 1.54) is 36.0 Å². The molecule has 2 rings (SSSR count). The Kier molecular flexibility index (Phi) is 4.83. The van der Waals surface area contributed by atoms with Gasteiger partial charge in [0.05, 0.1) is 13.2 Å². The van der Waals surface area contributed by atoms with Crippen LogP contribution >= 0.6 is 0 Å². The number of rotatable bonds is 4. The third-order valence-corrected chi connectivity index (χ3v) is 4.24. The maximum Gasteiger partial charge on any atom is 0.123 e. The molecule has 1 aliphatic heterocycles. The summed E-state index contributed by atoms with van der Waals surface area (Å²) in [6.45, 7) is 5.42. The number of nitrogens with one attached hydrogen (secondary N) is 2. The summed E-state index contributed by atoms with van der Waals surface area (Å²) in [5.41, 5.74) is 3.88. The maximum absolute atomic E-state index is 5.59. The van der Waals surface area contributed by atoms with E-state index in [2.05, 4.69) is 36.6 Å². The van der Waals surface area contributed by atoms with Crippen LogP contribution in [0.15, 0.2) is 12.1 Å². The molecule has 0 radical (unpaired) electrons. The van der Waals surface area contributed by atoms with Crippen LogP contribution in [0.1, 0.15) is 42.0 Å². The molecular weight excluding hydrogens is 236 g/mol. The van der Waals surface area contributed by atoms with E-state index in [1.54, 1.807) is 7.11 Å². The van der Waals surface area contributed by atoms with Crippen molar-refractivity contribution in [3.63, 3.8) is 0 Å². The van der Waals surface area contributed by atoms with Gasteiger partial charge in [-0.3, -0.25) is 0 Å². The van der Waals surface area contributed by atoms with Gasteiger partial charge in [0.25, 0.3) is 0 Å². The van der Waals surface area contributed by atoms with E-state index in [9.17, 15) is 0 Å². The Morgan fingerprint density at radius 1 is 1.26 bits per heavy atom. The van der Waals surface area contributed by atoms with E-state index in [0.717, 1.165) is 12.3 Å². The Balaban J connectivity index is 2.33. The highest BCUT2D eigenvalue weighted by Gasteiger charge is 2.26. The van der Waals surface area contributed by atoms with E-state index in [-0.39, 0.29) is 0 Å². The van der Waals surface area contributed by atoms with Gasteiger partial charge in [-0.15, -0.1) is 0 Å². The van der Waals surface area contributed by atoms with E-state index >= 15 is 0 Å². The van der Waals surface area contributed by atoms with Crippen LogP contribution in [0.25, 0.3) is 0 Å². The zero-order valence-electron chi connectivity index (χ0n) is 12.5. The van der Waals surface area contributed by atoms with E-state index < -0.39 is 0 Å². The molecule has 106 valence electrons. The normalized spacial score (nSPS) is 21.2. The van der Waals surface area contributed by atoms with Gasteiger partial charge in [0.15, 0.2) is 0 Å². The molecule has 1 fully saturated rings. The highest BCUT2D eigenvalue weighted by atomic mass is 16.5. The average Bonchev–Trinajstić information content (AvgIpc) is 2.44. The first-order valence-electron chi connectivity index (χ1n) is 7.23. The Hall–Kier alpha value is -1.06. The summed E-state index contributed by atoms with van der Waals surface area (Å²) in [6, 6.07) is 5.23. The van der Waals surface area contributed by atoms with Crippen LogP contribution in [0.2, 0.25) is 0 Å². The lowest BCUT2D eigenvalue weighted by Crippen LogP contribution is -2.43. The fraction of sp³-hybridized carbons (Fsp3) is 0.625. The van der Waals surface area contributed by atoms with E-state index in [0.29, 0.717) is 12.1 Å². The second kappa shape index (κ2) is 6.40. The van der Waals surface area contributed by atoms with Crippen molar-refractivity contribution in [2.75, 3.05) is 20.7 Å². The monoisotopic (exact) mass is 262 g/mol. The number of methoxy groups -OCH3 is 1. The van der Waals surface area contributed by atoms with Gasteiger partial charge in [0, 0.05) is 11.6 Å². The molecule has 1 saturated heterocycles. The van der Waals surface area contributed by atoms with Crippen molar-refractivity contribution in [2.24, 2.45) is 0 Å². The molecule has 3 heteroatoms. The molecule has 2 N–H and O–H groups in total. The SMILES string of the molecule is CNC(c1cc(C)c(C)cc1OC)C1CCCCN1. The molecule has 1 heterocycles. The van der Waals surface area contributed by atoms with Crippen LogP contribution in [0, 0.1) is 13.8 Å². The molecule has 2 atom stereocenters. The highest BCUT2D eigenvalue weighted by molar-refractivity contribution is 5.44. The zero-order chi connectivity index (χ0) is 13.8. The van der Waals surface area contributed by atoms with Crippen molar-refractivity contribution < 1.29 is 4.74 Å². The Morgan fingerprint density at radius 3 is 2.58 bits per heavy atom. The Morgan fingerprint density at radius 2 is 2.00 bits per heavy atom. The van der Waals surface area contributed by atoms with Crippen LogP contribution in [0.5, 0.6) is 5.75 Å². The van der Waals surface area contributed by atoms with Crippen LogP contribution in [0.3, 0.4) is 0 Å². The van der Waals surface area contributed by atoms with Crippen LogP contribution < -0.4 is 15.4 Å². The Labute approximate surface area is 116 Å². The molecule has 0 spiro atoms. The summed E-state index contributed by atoms with van der Waals surface area (Å²) < 4.78 is 5.59. The molecule has 1 aromatic rings. The third kappa shape index (κ3) is 3.10. The van der Waals surface area contributed by atoms with Crippen molar-refractivity contribution in [3.8, 4) is 5.75 Å². The van der Waals surface area contributed by atoms with Gasteiger partial charge in [-0.05, 0) is 57.5 Å². The summed E-state index contributed by atoms with van der Waals surface area (Å²) >= 11 is 0. The molecule has 0 bridgehead atoms. The number of hydrogen-bond acceptors (Lipinski definition) is 3. The van der Waals surface area contributed by atoms with Crippen LogP contribution in [-0.2, 0) is 0 Å². The van der Waals surface area contributed by atoms with Crippen molar-refractivity contribution >= 4 is 0 Å². The number of hydrogen-bond donors (Lipinski definition) is 2. The maximum atomic E-state index is 5.59. The molecule has 3 nitrogen and oxygen atoms in total. The molecule has 0 amide bonds. The quantitative estimate of drug-likeness (QED) is 0.875. The van der Waals surface area contributed by atoms with Crippen molar-refractivity contribution in [2.45, 2.75) is 45.2 Å². The van der Waals surface area contributed by atoms with Gasteiger partial charge in [0.2, 0.25) is 0 Å². The van der Waals surface area contributed by atoms with Gasteiger partial charge in [-0.2, -0.15) is 0 Å². The summed E-state index contributed by atoms with van der Waals surface area (Å²) in [6.07, 6.45) is 3.82. The van der Waals surface area contributed by atoms with Crippen molar-refractivity contribution in [3.05, 3.63) is 28.8 Å². The predicted octanol–water partition coefficient (Wildman–Crippen LogP) is 2.71. The number of aryl methyl sites for hydroxylation is 2. The first-order chi connectivity index (χ1) is 9.17. The minimum Gasteiger partial charge on any atom is -0.496 e. The molecule has 0 aliphatic carbocycles. The first-order valence-corrected chi connectivity index (χ1v) is 7.23. The lowest BCUT2D eigenvalue weighted by molar-refractivity contribution is 0.316. The number of ether oxygens (including phenoxy) is 1. The second-order valence-corrected chi connectivity index (χ2v) is 5.50. The lowest BCUT2D eigenvalue weighted by atomic mass is 9.90. The summed E-state index contributed by atoms with van der Waals surface area (Å²) in [7, 11) is 3.80. The second-order valence-electron chi connectivity index (χ2n) is 5.50. The third-order valence-electron chi connectivity index (χ3n) is 4.24. The minimum atomic E-state index is 0.314. The summed E-state index contributed by atoms with van der Waals surface area (Å²) in [4.78, 5) is 0. The number of piperidine rings is 1. The van der Waals surface area contributed by atoms with E-state index in [1.807, 2.05) is 7.05 Å². The zero-order valence-corrected chi connectivity index (χ0v) is 12.5. The van der Waals surface area contributed by atoms with Gasteiger partial charge in [0.1, 0.15) is 5.75 Å². The van der Waals surface area contributed by atoms with Crippen LogP contribution in [0.4, 0.5) is 0 Å². The Bertz CT molecular complexity index is 425. The van der Waals surface area contributed by atoms with E-state index in [4.69, 9.17) is 4.74 Å². The predicted molar refractivity (Wildman–Crippen MR) is 79.9 cm³/mol. The molecule has 0 aromatic heterocycles. The van der Waals surface area contributed by atoms with Crippen LogP contribution in [-0.4, -0.2) is 26.7 Å². The largest absolute Gasteiger partial charge is 0.496 e. The van der Waals surface area contributed by atoms with Crippen molar-refractivity contribution in [1.29, 1.82) is 0 Å². The lowest BCUT2D eigenvalue weighted by Gasteiger charge is -2.32. The summed E-state index contributed by atoms with van der Waals surface area (Å²) in [5.74, 6) is 0.995. The molecular formula is C16H26N2O.